The summed E-state index contributed by atoms with van der Waals surface area (Å²) < 4.78 is 5.76. The summed E-state index contributed by atoms with van der Waals surface area (Å²) >= 11 is 0. The van der Waals surface area contributed by atoms with Gasteiger partial charge in [-0.05, 0) is 45.2 Å². The minimum absolute atomic E-state index is 0.206. The predicted molar refractivity (Wildman–Crippen MR) is 71.1 cm³/mol. The van der Waals surface area contributed by atoms with Crippen molar-refractivity contribution in [3.8, 4) is 0 Å². The lowest BCUT2D eigenvalue weighted by Gasteiger charge is -2.28. The minimum atomic E-state index is -0.569. The van der Waals surface area contributed by atoms with Gasteiger partial charge in [-0.3, -0.25) is 0 Å². The Morgan fingerprint density at radius 3 is 2.12 bits per heavy atom. The van der Waals surface area contributed by atoms with Gasteiger partial charge in [-0.2, -0.15) is 0 Å². The van der Waals surface area contributed by atoms with Crippen LogP contribution in [0.2, 0.25) is 0 Å². The highest BCUT2D eigenvalue weighted by Gasteiger charge is 2.22. The maximum Gasteiger partial charge on any atom is 0.105 e. The van der Waals surface area contributed by atoms with Gasteiger partial charge in [0.15, 0.2) is 0 Å². The van der Waals surface area contributed by atoms with Crippen molar-refractivity contribution in [1.82, 2.24) is 0 Å². The fraction of sp³-hybridized carbons (Fsp3) is 0.600. The van der Waals surface area contributed by atoms with E-state index < -0.39 is 6.10 Å². The molecule has 2 heteroatoms. The second-order valence-corrected chi connectivity index (χ2v) is 5.48. The number of aliphatic hydroxyl groups excluding tert-OH is 1. The van der Waals surface area contributed by atoms with Gasteiger partial charge < -0.3 is 9.84 Å². The van der Waals surface area contributed by atoms with Crippen molar-refractivity contribution >= 4 is 0 Å². The average molecular weight is 236 g/mol. The molecular formula is C15H24O2. The Labute approximate surface area is 105 Å². The molecule has 0 aliphatic heterocycles. The first-order valence-corrected chi connectivity index (χ1v) is 6.28. The van der Waals surface area contributed by atoms with Gasteiger partial charge in [0.2, 0.25) is 0 Å². The number of hydrogen-bond donors (Lipinski definition) is 1. The summed E-state index contributed by atoms with van der Waals surface area (Å²) in [6, 6.07) is 8.07. The van der Waals surface area contributed by atoms with Crippen molar-refractivity contribution in [2.75, 3.05) is 0 Å². The van der Waals surface area contributed by atoms with E-state index in [4.69, 9.17) is 4.74 Å². The molecule has 1 rings (SSSR count). The van der Waals surface area contributed by atoms with Crippen LogP contribution < -0.4 is 0 Å². The van der Waals surface area contributed by atoms with Crippen LogP contribution in [0.1, 0.15) is 51.8 Å². The van der Waals surface area contributed by atoms with Crippen molar-refractivity contribution < 1.29 is 9.84 Å². The van der Waals surface area contributed by atoms with Crippen LogP contribution >= 0.6 is 0 Å². The molecular weight excluding hydrogens is 212 g/mol. The van der Waals surface area contributed by atoms with E-state index >= 15 is 0 Å². The van der Waals surface area contributed by atoms with Crippen LogP contribution in [0.4, 0.5) is 0 Å². The van der Waals surface area contributed by atoms with Crippen molar-refractivity contribution in [3.63, 3.8) is 0 Å². The van der Waals surface area contributed by atoms with Gasteiger partial charge in [-0.1, -0.05) is 31.2 Å². The van der Waals surface area contributed by atoms with Crippen molar-refractivity contribution in [2.24, 2.45) is 0 Å². The van der Waals surface area contributed by atoms with Crippen LogP contribution in [0.15, 0.2) is 24.3 Å². The predicted octanol–water partition coefficient (Wildman–Crippen LogP) is 3.49. The van der Waals surface area contributed by atoms with Gasteiger partial charge in [-0.15, -0.1) is 0 Å². The molecule has 0 bridgehead atoms. The molecule has 2 unspecified atom stereocenters. The number of ether oxygens (including phenoxy) is 1. The molecule has 17 heavy (non-hydrogen) atoms. The van der Waals surface area contributed by atoms with E-state index in [1.165, 1.54) is 5.56 Å². The zero-order valence-electron chi connectivity index (χ0n) is 11.5. The normalized spacial score (nSPS) is 15.6. The van der Waals surface area contributed by atoms with Gasteiger partial charge in [-0.25, -0.2) is 0 Å². The summed E-state index contributed by atoms with van der Waals surface area (Å²) in [6.45, 7) is 10.0. The van der Waals surface area contributed by atoms with E-state index in [1.807, 2.05) is 39.8 Å². The highest BCUT2D eigenvalue weighted by molar-refractivity contribution is 5.24. The Bertz CT molecular complexity index is 335. The highest BCUT2D eigenvalue weighted by Crippen LogP contribution is 2.23. The molecule has 1 N–H and O–H groups in total. The van der Waals surface area contributed by atoms with Crippen LogP contribution in [-0.2, 0) is 11.2 Å². The van der Waals surface area contributed by atoms with Crippen LogP contribution in [0, 0.1) is 0 Å². The maximum absolute atomic E-state index is 10.2. The van der Waals surface area contributed by atoms with Crippen LogP contribution in [0.25, 0.3) is 0 Å². The summed E-state index contributed by atoms with van der Waals surface area (Å²) in [5.41, 5.74) is 1.97. The summed E-state index contributed by atoms with van der Waals surface area (Å²) in [5, 5.41) is 10.2. The monoisotopic (exact) mass is 236 g/mol. The zero-order valence-corrected chi connectivity index (χ0v) is 11.5. The summed E-state index contributed by atoms with van der Waals surface area (Å²) in [5.74, 6) is 0. The molecule has 96 valence electrons. The minimum Gasteiger partial charge on any atom is -0.386 e. The van der Waals surface area contributed by atoms with Gasteiger partial charge in [0.05, 0.1) is 11.7 Å². The smallest absolute Gasteiger partial charge is 0.105 e. The Morgan fingerprint density at radius 1 is 1.18 bits per heavy atom. The number of hydrogen-bond acceptors (Lipinski definition) is 2. The van der Waals surface area contributed by atoms with Gasteiger partial charge in [0.1, 0.15) is 6.10 Å². The SMILES string of the molecule is CCc1ccc(C(O)C(C)OC(C)(C)C)cc1. The standard InChI is InChI=1S/C15H24O2/c1-6-12-7-9-13(10-8-12)14(16)11(2)17-15(3,4)5/h7-11,14,16H,6H2,1-5H3. The second kappa shape index (κ2) is 5.65. The number of rotatable bonds is 4. The fourth-order valence-electron chi connectivity index (χ4n) is 1.84. The van der Waals surface area contributed by atoms with Gasteiger partial charge in [0, 0.05) is 0 Å². The molecule has 0 saturated heterocycles. The lowest BCUT2D eigenvalue weighted by Crippen LogP contribution is -2.29. The Balaban J connectivity index is 2.71. The third-order valence-corrected chi connectivity index (χ3v) is 2.71. The molecule has 2 atom stereocenters. The van der Waals surface area contributed by atoms with Crippen LogP contribution in [-0.4, -0.2) is 16.8 Å². The number of benzene rings is 1. The van der Waals surface area contributed by atoms with Crippen molar-refractivity contribution in [1.29, 1.82) is 0 Å². The Morgan fingerprint density at radius 2 is 1.71 bits per heavy atom. The van der Waals surface area contributed by atoms with Crippen molar-refractivity contribution in [2.45, 2.75) is 58.8 Å². The fourth-order valence-corrected chi connectivity index (χ4v) is 1.84. The second-order valence-electron chi connectivity index (χ2n) is 5.48. The zero-order chi connectivity index (χ0) is 13.1. The largest absolute Gasteiger partial charge is 0.386 e. The van der Waals surface area contributed by atoms with Crippen LogP contribution in [0.5, 0.6) is 0 Å². The molecule has 1 aromatic rings. The molecule has 0 spiro atoms. The first-order valence-electron chi connectivity index (χ1n) is 6.28. The highest BCUT2D eigenvalue weighted by atomic mass is 16.5. The Kier molecular flexibility index (Phi) is 4.72. The summed E-state index contributed by atoms with van der Waals surface area (Å²) in [4.78, 5) is 0. The molecule has 0 aliphatic carbocycles. The maximum atomic E-state index is 10.2. The molecule has 0 amide bonds. The first-order chi connectivity index (χ1) is 7.83. The third-order valence-electron chi connectivity index (χ3n) is 2.71. The molecule has 2 nitrogen and oxygen atoms in total. The lowest BCUT2D eigenvalue weighted by molar-refractivity contribution is -0.103. The van der Waals surface area contributed by atoms with Crippen molar-refractivity contribution in [3.05, 3.63) is 35.4 Å². The molecule has 0 radical (unpaired) electrons. The number of aliphatic hydroxyl groups is 1. The van der Waals surface area contributed by atoms with E-state index in [0.29, 0.717) is 0 Å². The summed E-state index contributed by atoms with van der Waals surface area (Å²) in [6.07, 6.45) is 0.243. The first kappa shape index (κ1) is 14.2. The molecule has 0 saturated carbocycles. The van der Waals surface area contributed by atoms with Crippen LogP contribution in [0.3, 0.4) is 0 Å². The molecule has 0 fully saturated rings. The van der Waals surface area contributed by atoms with E-state index in [2.05, 4.69) is 19.1 Å². The Hall–Kier alpha value is -0.860. The molecule has 0 heterocycles. The average Bonchev–Trinajstić information content (AvgIpc) is 2.26. The van der Waals surface area contributed by atoms with Gasteiger partial charge in [0.25, 0.3) is 0 Å². The lowest BCUT2D eigenvalue weighted by atomic mass is 10.0. The molecule has 0 aromatic heterocycles. The topological polar surface area (TPSA) is 29.5 Å². The quantitative estimate of drug-likeness (QED) is 0.867. The van der Waals surface area contributed by atoms with E-state index in [9.17, 15) is 5.11 Å². The number of aryl methyl sites for hydroxylation is 1. The van der Waals surface area contributed by atoms with E-state index in [-0.39, 0.29) is 11.7 Å². The van der Waals surface area contributed by atoms with E-state index in [0.717, 1.165) is 12.0 Å². The third kappa shape index (κ3) is 4.49. The van der Waals surface area contributed by atoms with E-state index in [1.54, 1.807) is 0 Å². The molecule has 1 aromatic carbocycles. The van der Waals surface area contributed by atoms with Gasteiger partial charge >= 0.3 is 0 Å². The molecule has 0 aliphatic rings. The summed E-state index contributed by atoms with van der Waals surface area (Å²) in [7, 11) is 0.